The molecule has 6 heteroatoms. The van der Waals surface area contributed by atoms with Crippen LogP contribution in [0.5, 0.6) is 0 Å². The van der Waals surface area contributed by atoms with Crippen molar-refractivity contribution in [3.8, 4) is 11.1 Å². The molecule has 5 nitrogen and oxygen atoms in total. The molecule has 1 amide bonds. The summed E-state index contributed by atoms with van der Waals surface area (Å²) in [6.07, 6.45) is 1.93. The molecule has 0 bridgehead atoms. The van der Waals surface area contributed by atoms with Gasteiger partial charge in [-0.25, -0.2) is 0 Å². The van der Waals surface area contributed by atoms with Crippen LogP contribution in [-0.2, 0) is 14.3 Å². The number of ether oxygens (including phenoxy) is 1. The highest BCUT2D eigenvalue weighted by Crippen LogP contribution is 2.27. The van der Waals surface area contributed by atoms with E-state index in [0.717, 1.165) is 16.0 Å². The lowest BCUT2D eigenvalue weighted by Gasteiger charge is -2.11. The van der Waals surface area contributed by atoms with E-state index in [4.69, 9.17) is 4.74 Å². The van der Waals surface area contributed by atoms with Gasteiger partial charge in [0.05, 0.1) is 6.42 Å². The van der Waals surface area contributed by atoms with E-state index in [2.05, 4.69) is 5.32 Å². The molecule has 3 aromatic rings. The average Bonchev–Trinajstić information content (AvgIpc) is 2.82. The second kappa shape index (κ2) is 11.1. The summed E-state index contributed by atoms with van der Waals surface area (Å²) >= 11 is 1.59. The van der Waals surface area contributed by atoms with E-state index < -0.39 is 18.5 Å². The summed E-state index contributed by atoms with van der Waals surface area (Å²) in [5.74, 6) is -1.15. The van der Waals surface area contributed by atoms with E-state index in [0.29, 0.717) is 11.3 Å². The molecular formula is C25H23NO4S. The van der Waals surface area contributed by atoms with E-state index >= 15 is 0 Å². The smallest absolute Gasteiger partial charge is 0.306 e. The highest BCUT2D eigenvalue weighted by atomic mass is 32.2. The Labute approximate surface area is 185 Å². The Balaban J connectivity index is 1.48. The molecule has 0 aliphatic rings. The molecule has 3 rings (SSSR count). The number of amides is 1. The zero-order valence-corrected chi connectivity index (χ0v) is 18.0. The number of nitrogens with one attached hydrogen (secondary N) is 1. The van der Waals surface area contributed by atoms with Gasteiger partial charge in [0, 0.05) is 28.1 Å². The highest BCUT2D eigenvalue weighted by Gasteiger charge is 2.13. The zero-order chi connectivity index (χ0) is 22.1. The van der Waals surface area contributed by atoms with Crippen molar-refractivity contribution in [1.82, 2.24) is 0 Å². The molecule has 0 fully saturated rings. The van der Waals surface area contributed by atoms with Gasteiger partial charge in [0.1, 0.15) is 0 Å². The minimum atomic E-state index is -0.583. The molecule has 0 aromatic heterocycles. The summed E-state index contributed by atoms with van der Waals surface area (Å²) in [4.78, 5) is 37.5. The number of benzene rings is 3. The molecule has 1 N–H and O–H groups in total. The van der Waals surface area contributed by atoms with Crippen LogP contribution in [0, 0.1) is 0 Å². The Kier molecular flexibility index (Phi) is 8.01. The van der Waals surface area contributed by atoms with Crippen LogP contribution in [-0.4, -0.2) is 30.5 Å². The Morgan fingerprint density at radius 3 is 2.23 bits per heavy atom. The number of thioether (sulfide) groups is 1. The van der Waals surface area contributed by atoms with Crippen LogP contribution in [0.4, 0.5) is 5.69 Å². The number of anilines is 1. The van der Waals surface area contributed by atoms with Gasteiger partial charge in [-0.15, -0.1) is 11.8 Å². The van der Waals surface area contributed by atoms with E-state index in [-0.39, 0.29) is 18.6 Å². The van der Waals surface area contributed by atoms with Crippen LogP contribution in [0.15, 0.2) is 83.8 Å². The van der Waals surface area contributed by atoms with Crippen molar-refractivity contribution in [2.45, 2.75) is 17.7 Å². The molecule has 3 aromatic carbocycles. The van der Waals surface area contributed by atoms with Gasteiger partial charge in [0.2, 0.25) is 0 Å². The van der Waals surface area contributed by atoms with Gasteiger partial charge < -0.3 is 10.1 Å². The van der Waals surface area contributed by atoms with E-state index in [1.54, 1.807) is 30.0 Å². The summed E-state index contributed by atoms with van der Waals surface area (Å²) in [6.45, 7) is -0.404. The van der Waals surface area contributed by atoms with E-state index in [9.17, 15) is 14.4 Å². The quantitative estimate of drug-likeness (QED) is 0.285. The van der Waals surface area contributed by atoms with Gasteiger partial charge in [-0.3, -0.25) is 14.4 Å². The lowest BCUT2D eigenvalue weighted by molar-refractivity contribution is -0.147. The number of esters is 1. The Morgan fingerprint density at radius 2 is 1.52 bits per heavy atom. The largest absolute Gasteiger partial charge is 0.456 e. The minimum absolute atomic E-state index is 0.0376. The fraction of sp³-hybridized carbons (Fsp3) is 0.160. The summed E-state index contributed by atoms with van der Waals surface area (Å²) in [6, 6.07) is 24.3. The molecule has 31 heavy (non-hydrogen) atoms. The predicted octanol–water partition coefficient (Wildman–Crippen LogP) is 5.22. The van der Waals surface area contributed by atoms with Crippen LogP contribution in [0.1, 0.15) is 23.2 Å². The molecule has 158 valence electrons. The molecule has 0 radical (unpaired) electrons. The van der Waals surface area contributed by atoms with Crippen molar-refractivity contribution < 1.29 is 19.1 Å². The van der Waals surface area contributed by atoms with Gasteiger partial charge in [-0.05, 0) is 30.0 Å². The first-order valence-electron chi connectivity index (χ1n) is 9.84. The number of hydrogen-bond donors (Lipinski definition) is 1. The SMILES string of the molecule is CSc1ccc(C(=O)CCC(=O)OCC(=O)Nc2ccccc2-c2ccccc2)cc1. The zero-order valence-electron chi connectivity index (χ0n) is 17.2. The maximum absolute atomic E-state index is 12.3. The topological polar surface area (TPSA) is 72.5 Å². The molecule has 0 saturated carbocycles. The van der Waals surface area contributed by atoms with Crippen LogP contribution in [0.2, 0.25) is 0 Å². The van der Waals surface area contributed by atoms with Crippen molar-refractivity contribution >= 4 is 35.1 Å². The monoisotopic (exact) mass is 433 g/mol. The molecule has 0 unspecified atom stereocenters. The number of para-hydroxylation sites is 1. The number of ketones is 1. The van der Waals surface area contributed by atoms with Gasteiger partial charge in [0.25, 0.3) is 5.91 Å². The first kappa shape index (κ1) is 22.3. The molecule has 0 aliphatic carbocycles. The Hall–Kier alpha value is -3.38. The summed E-state index contributed by atoms with van der Waals surface area (Å²) in [7, 11) is 0. The minimum Gasteiger partial charge on any atom is -0.456 e. The van der Waals surface area contributed by atoms with Crippen LogP contribution in [0.3, 0.4) is 0 Å². The third-order valence-corrected chi connectivity index (χ3v) is 5.36. The maximum atomic E-state index is 12.3. The molecule has 0 heterocycles. The van der Waals surface area contributed by atoms with Gasteiger partial charge in [-0.1, -0.05) is 60.7 Å². The normalized spacial score (nSPS) is 10.4. The van der Waals surface area contributed by atoms with Crippen molar-refractivity contribution in [3.63, 3.8) is 0 Å². The van der Waals surface area contributed by atoms with Crippen LogP contribution < -0.4 is 5.32 Å². The van der Waals surface area contributed by atoms with Crippen molar-refractivity contribution in [1.29, 1.82) is 0 Å². The predicted molar refractivity (Wildman–Crippen MR) is 123 cm³/mol. The second-order valence-corrected chi connectivity index (χ2v) is 7.65. The standard InChI is InChI=1S/C25H23NO4S/c1-31-20-13-11-19(12-14-20)23(27)15-16-25(29)30-17-24(28)26-22-10-6-5-9-21(22)18-7-3-2-4-8-18/h2-14H,15-17H2,1H3,(H,26,28). The average molecular weight is 434 g/mol. The maximum Gasteiger partial charge on any atom is 0.306 e. The Morgan fingerprint density at radius 1 is 0.839 bits per heavy atom. The Bertz CT molecular complexity index is 1050. The van der Waals surface area contributed by atoms with Gasteiger partial charge in [0.15, 0.2) is 12.4 Å². The van der Waals surface area contributed by atoms with Crippen molar-refractivity contribution in [2.75, 3.05) is 18.2 Å². The summed E-state index contributed by atoms with van der Waals surface area (Å²) in [5, 5.41) is 2.78. The first-order valence-corrected chi connectivity index (χ1v) is 11.1. The fourth-order valence-corrected chi connectivity index (χ4v) is 3.41. The third kappa shape index (κ3) is 6.55. The third-order valence-electron chi connectivity index (χ3n) is 4.62. The van der Waals surface area contributed by atoms with Crippen LogP contribution in [0.25, 0.3) is 11.1 Å². The molecule has 0 atom stereocenters. The molecular weight excluding hydrogens is 410 g/mol. The highest BCUT2D eigenvalue weighted by molar-refractivity contribution is 7.98. The lowest BCUT2D eigenvalue weighted by Crippen LogP contribution is -2.21. The first-order chi connectivity index (χ1) is 15.1. The van der Waals surface area contributed by atoms with E-state index in [1.165, 1.54) is 0 Å². The molecule has 0 saturated heterocycles. The summed E-state index contributed by atoms with van der Waals surface area (Å²) < 4.78 is 5.04. The number of Topliss-reactive ketones (excluding diaryl/α,β-unsaturated/α-hetero) is 1. The van der Waals surface area contributed by atoms with Crippen LogP contribution >= 0.6 is 11.8 Å². The fourth-order valence-electron chi connectivity index (χ4n) is 3.00. The second-order valence-electron chi connectivity index (χ2n) is 6.77. The summed E-state index contributed by atoms with van der Waals surface area (Å²) in [5.41, 5.74) is 3.04. The molecule has 0 aliphatic heterocycles. The van der Waals surface area contributed by atoms with Crippen molar-refractivity contribution in [3.05, 3.63) is 84.4 Å². The number of hydrogen-bond acceptors (Lipinski definition) is 5. The number of carbonyl (C=O) groups excluding carboxylic acids is 3. The number of carbonyl (C=O) groups is 3. The van der Waals surface area contributed by atoms with E-state index in [1.807, 2.05) is 66.9 Å². The molecule has 0 spiro atoms. The van der Waals surface area contributed by atoms with Gasteiger partial charge in [-0.2, -0.15) is 0 Å². The lowest BCUT2D eigenvalue weighted by atomic mass is 10.0. The van der Waals surface area contributed by atoms with Crippen molar-refractivity contribution in [2.24, 2.45) is 0 Å². The van der Waals surface area contributed by atoms with Gasteiger partial charge >= 0.3 is 5.97 Å². The number of rotatable bonds is 9.